The quantitative estimate of drug-likeness (QED) is 0.368. The number of ether oxygens (including phenoxy) is 1. The minimum absolute atomic E-state index is 0.0274. The zero-order chi connectivity index (χ0) is 16.3. The molecule has 7 heteroatoms. The van der Waals surface area contributed by atoms with E-state index in [9.17, 15) is 19.7 Å². The van der Waals surface area contributed by atoms with Crippen LogP contribution in [0.1, 0.15) is 6.42 Å². The second kappa shape index (κ2) is 4.65. The predicted octanol–water partition coefficient (Wildman–Crippen LogP) is 1.91. The molecular formula is C16H14N2O5. The molecule has 7 nitrogen and oxygen atoms in total. The number of hydrogen-bond donors (Lipinski definition) is 0. The lowest BCUT2D eigenvalue weighted by atomic mass is 9.85. The van der Waals surface area contributed by atoms with Crippen LogP contribution >= 0.6 is 0 Å². The highest BCUT2D eigenvalue weighted by atomic mass is 16.6. The molecule has 2 amide bonds. The maximum Gasteiger partial charge on any atom is 0.297 e. The van der Waals surface area contributed by atoms with Crippen molar-refractivity contribution in [1.82, 2.24) is 0 Å². The lowest BCUT2D eigenvalue weighted by molar-refractivity contribution is -0.384. The van der Waals surface area contributed by atoms with E-state index in [-0.39, 0.29) is 46.9 Å². The molecule has 1 saturated carbocycles. The largest absolute Gasteiger partial charge is 0.496 e. The predicted molar refractivity (Wildman–Crippen MR) is 79.9 cm³/mol. The Hall–Kier alpha value is -2.70. The van der Waals surface area contributed by atoms with E-state index in [2.05, 4.69) is 0 Å². The molecule has 2 fully saturated rings. The number of nitrogens with zero attached hydrogens (tertiary/aromatic N) is 2. The van der Waals surface area contributed by atoms with Crippen LogP contribution in [0.25, 0.3) is 0 Å². The van der Waals surface area contributed by atoms with Crippen LogP contribution in [0.4, 0.5) is 11.4 Å². The van der Waals surface area contributed by atoms with Gasteiger partial charge in [-0.25, -0.2) is 4.90 Å². The number of anilines is 1. The van der Waals surface area contributed by atoms with Gasteiger partial charge in [-0.15, -0.1) is 0 Å². The Kier molecular flexibility index (Phi) is 2.81. The SMILES string of the molecule is COc1ccc(N2C(=O)[C@@H]3[C@@H](C2=O)[C@H]2C=C[C@H]3C2)c([N+](=O)[O-])c1. The fourth-order valence-electron chi connectivity index (χ4n) is 4.11. The summed E-state index contributed by atoms with van der Waals surface area (Å²) < 4.78 is 4.99. The lowest BCUT2D eigenvalue weighted by Gasteiger charge is -2.17. The second-order valence-corrected chi connectivity index (χ2v) is 6.12. The topological polar surface area (TPSA) is 89.8 Å². The molecule has 3 aliphatic rings. The first kappa shape index (κ1) is 13.9. The van der Waals surface area contributed by atoms with Crippen LogP contribution in [0.15, 0.2) is 30.4 Å². The number of allylic oxidation sites excluding steroid dienone is 2. The number of carbonyl (C=O) groups excluding carboxylic acids is 2. The number of hydrogen-bond acceptors (Lipinski definition) is 5. The number of methoxy groups -OCH3 is 1. The average molecular weight is 314 g/mol. The molecule has 118 valence electrons. The van der Waals surface area contributed by atoms with Gasteiger partial charge >= 0.3 is 0 Å². The summed E-state index contributed by atoms with van der Waals surface area (Å²) in [7, 11) is 1.40. The molecule has 4 rings (SSSR count). The molecule has 4 atom stereocenters. The first-order chi connectivity index (χ1) is 11.0. The Balaban J connectivity index is 1.79. The maximum atomic E-state index is 12.7. The van der Waals surface area contributed by atoms with Crippen LogP contribution in [-0.2, 0) is 9.59 Å². The summed E-state index contributed by atoms with van der Waals surface area (Å²) in [4.78, 5) is 37.2. The van der Waals surface area contributed by atoms with E-state index in [0.29, 0.717) is 5.75 Å². The number of imide groups is 1. The molecule has 1 saturated heterocycles. The molecule has 0 radical (unpaired) electrons. The van der Waals surface area contributed by atoms with Crippen molar-refractivity contribution in [2.45, 2.75) is 6.42 Å². The second-order valence-electron chi connectivity index (χ2n) is 6.12. The van der Waals surface area contributed by atoms with Gasteiger partial charge in [0.1, 0.15) is 11.4 Å². The third-order valence-electron chi connectivity index (χ3n) is 5.09. The summed E-state index contributed by atoms with van der Waals surface area (Å²) in [6.45, 7) is 0. The van der Waals surface area contributed by atoms with E-state index in [1.165, 1.54) is 25.3 Å². The molecule has 2 bridgehead atoms. The van der Waals surface area contributed by atoms with Crippen LogP contribution in [0, 0.1) is 33.8 Å². The molecule has 0 N–H and O–H groups in total. The molecule has 23 heavy (non-hydrogen) atoms. The van der Waals surface area contributed by atoms with Crippen molar-refractivity contribution in [3.05, 3.63) is 40.5 Å². The number of nitro benzene ring substituents is 1. The van der Waals surface area contributed by atoms with Gasteiger partial charge in [0.15, 0.2) is 0 Å². The van der Waals surface area contributed by atoms with Gasteiger partial charge in [0, 0.05) is 0 Å². The summed E-state index contributed by atoms with van der Waals surface area (Å²) in [6, 6.07) is 4.16. The maximum absolute atomic E-state index is 12.7. The van der Waals surface area contributed by atoms with Crippen LogP contribution in [-0.4, -0.2) is 23.8 Å². The van der Waals surface area contributed by atoms with Crippen molar-refractivity contribution in [3.8, 4) is 5.75 Å². The smallest absolute Gasteiger partial charge is 0.297 e. The van der Waals surface area contributed by atoms with Gasteiger partial charge in [-0.05, 0) is 30.4 Å². The van der Waals surface area contributed by atoms with Gasteiger partial charge in [-0.3, -0.25) is 19.7 Å². The first-order valence-electron chi connectivity index (χ1n) is 7.41. The van der Waals surface area contributed by atoms with Crippen molar-refractivity contribution in [3.63, 3.8) is 0 Å². The third kappa shape index (κ3) is 1.76. The van der Waals surface area contributed by atoms with Gasteiger partial charge < -0.3 is 4.74 Å². The van der Waals surface area contributed by atoms with Crippen LogP contribution in [0.5, 0.6) is 5.75 Å². The van der Waals surface area contributed by atoms with Gasteiger partial charge in [0.05, 0.1) is 29.9 Å². The number of benzene rings is 1. The number of rotatable bonds is 3. The standard InChI is InChI=1S/C16H14N2O5/c1-23-10-4-5-11(12(7-10)18(21)22)17-15(19)13-8-2-3-9(6-8)14(13)16(17)20/h2-5,7-9,13-14H,6H2,1H3/t8-,9-,13-,14-/m0/s1. The van der Waals surface area contributed by atoms with Gasteiger partial charge in [0.25, 0.3) is 5.69 Å². The van der Waals surface area contributed by atoms with Crippen LogP contribution in [0.3, 0.4) is 0 Å². The summed E-state index contributed by atoms with van der Waals surface area (Å²) in [5.74, 6) is -0.956. The number of amides is 2. The first-order valence-corrected chi connectivity index (χ1v) is 7.41. The average Bonchev–Trinajstić information content (AvgIpc) is 3.21. The van der Waals surface area contributed by atoms with Crippen LogP contribution in [0.2, 0.25) is 0 Å². The van der Waals surface area contributed by atoms with E-state index in [0.717, 1.165) is 11.3 Å². The Labute approximate surface area is 131 Å². The minimum Gasteiger partial charge on any atom is -0.496 e. The molecule has 1 aromatic rings. The van der Waals surface area contributed by atoms with Crippen molar-refractivity contribution in [1.29, 1.82) is 0 Å². The highest BCUT2D eigenvalue weighted by Crippen LogP contribution is 2.54. The monoisotopic (exact) mass is 314 g/mol. The zero-order valence-corrected chi connectivity index (χ0v) is 12.3. The number of fused-ring (bicyclic) bond motifs is 5. The summed E-state index contributed by atoms with van der Waals surface area (Å²) in [5.41, 5.74) is -0.272. The van der Waals surface area contributed by atoms with Crippen LogP contribution < -0.4 is 9.64 Å². The lowest BCUT2D eigenvalue weighted by Crippen LogP contribution is -2.33. The minimum atomic E-state index is -0.598. The molecule has 0 unspecified atom stereocenters. The highest BCUT2D eigenvalue weighted by Gasteiger charge is 2.60. The number of carbonyl (C=O) groups is 2. The molecule has 1 aromatic carbocycles. The molecule has 2 aliphatic carbocycles. The summed E-state index contributed by atoms with van der Waals surface area (Å²) >= 11 is 0. The van der Waals surface area contributed by atoms with Gasteiger partial charge in [0.2, 0.25) is 11.8 Å². The Morgan fingerprint density at radius 3 is 2.30 bits per heavy atom. The van der Waals surface area contributed by atoms with E-state index in [1.807, 2.05) is 12.2 Å². The van der Waals surface area contributed by atoms with E-state index >= 15 is 0 Å². The highest BCUT2D eigenvalue weighted by molar-refractivity contribution is 6.23. The third-order valence-corrected chi connectivity index (χ3v) is 5.09. The summed E-state index contributed by atoms with van der Waals surface area (Å²) in [5, 5.41) is 11.3. The fraction of sp³-hybridized carbons (Fsp3) is 0.375. The zero-order valence-electron chi connectivity index (χ0n) is 12.3. The molecule has 0 spiro atoms. The molecule has 1 aliphatic heterocycles. The molecule has 1 heterocycles. The van der Waals surface area contributed by atoms with Crippen molar-refractivity contribution in [2.24, 2.45) is 23.7 Å². The van der Waals surface area contributed by atoms with E-state index in [4.69, 9.17) is 4.74 Å². The Bertz CT molecular complexity index is 742. The van der Waals surface area contributed by atoms with Gasteiger partial charge in [-0.1, -0.05) is 12.2 Å². The van der Waals surface area contributed by atoms with Crippen molar-refractivity contribution in [2.75, 3.05) is 12.0 Å². The van der Waals surface area contributed by atoms with Crippen molar-refractivity contribution >= 4 is 23.2 Å². The van der Waals surface area contributed by atoms with E-state index < -0.39 is 4.92 Å². The summed E-state index contributed by atoms with van der Waals surface area (Å²) in [6.07, 6.45) is 4.80. The normalized spacial score (nSPS) is 30.9. The van der Waals surface area contributed by atoms with Gasteiger partial charge in [-0.2, -0.15) is 0 Å². The van der Waals surface area contributed by atoms with Crippen molar-refractivity contribution < 1.29 is 19.2 Å². The molecular weight excluding hydrogens is 300 g/mol. The Morgan fingerprint density at radius 1 is 1.17 bits per heavy atom. The fourth-order valence-corrected chi connectivity index (χ4v) is 4.11. The number of nitro groups is 1. The Morgan fingerprint density at radius 2 is 1.78 bits per heavy atom. The van der Waals surface area contributed by atoms with E-state index in [1.54, 1.807) is 0 Å². The molecule has 0 aromatic heterocycles.